The van der Waals surface area contributed by atoms with Crippen LogP contribution in [0.25, 0.3) is 22.0 Å². The van der Waals surface area contributed by atoms with Crippen molar-refractivity contribution in [2.45, 2.75) is 13.0 Å². The van der Waals surface area contributed by atoms with Gasteiger partial charge < -0.3 is 14.6 Å². The fraction of sp³-hybridized carbons (Fsp3) is 0.211. The minimum atomic E-state index is -0.979. The molecule has 1 aliphatic rings. The number of hydrogen-bond acceptors (Lipinski definition) is 5. The van der Waals surface area contributed by atoms with Gasteiger partial charge in [0.1, 0.15) is 13.2 Å². The minimum absolute atomic E-state index is 0.0105. The number of ether oxygens (including phenoxy) is 2. The molecule has 0 amide bonds. The van der Waals surface area contributed by atoms with Crippen molar-refractivity contribution >= 4 is 16.7 Å². The number of carboxylic acid groups (broad SMARTS) is 1. The van der Waals surface area contributed by atoms with Crippen molar-refractivity contribution in [2.24, 2.45) is 0 Å². The summed E-state index contributed by atoms with van der Waals surface area (Å²) in [4.78, 5) is 23.5. The molecule has 1 N–H and O–H groups in total. The number of nitrogens with zero attached hydrogens (tertiary/aromatic N) is 2. The topological polar surface area (TPSA) is 90.7 Å². The molecule has 132 valence electrons. The molecule has 0 saturated heterocycles. The van der Waals surface area contributed by atoms with Crippen LogP contribution in [0.5, 0.6) is 11.5 Å². The van der Waals surface area contributed by atoms with E-state index in [1.165, 1.54) is 4.68 Å². The summed E-state index contributed by atoms with van der Waals surface area (Å²) in [5, 5.41) is 14.6. The molecule has 2 aromatic carbocycles. The zero-order valence-corrected chi connectivity index (χ0v) is 13.8. The molecule has 0 radical (unpaired) electrons. The Bertz CT molecular complexity index is 1060. The van der Waals surface area contributed by atoms with E-state index in [2.05, 4.69) is 5.10 Å². The molecule has 4 rings (SSSR count). The van der Waals surface area contributed by atoms with Gasteiger partial charge in [0.25, 0.3) is 5.56 Å². The molecule has 0 atom stereocenters. The van der Waals surface area contributed by atoms with Crippen LogP contribution in [0.15, 0.2) is 47.3 Å². The molecule has 1 aliphatic heterocycles. The Morgan fingerprint density at radius 2 is 1.81 bits per heavy atom. The van der Waals surface area contributed by atoms with E-state index in [-0.39, 0.29) is 18.5 Å². The van der Waals surface area contributed by atoms with E-state index in [4.69, 9.17) is 14.6 Å². The second-order valence-corrected chi connectivity index (χ2v) is 5.92. The van der Waals surface area contributed by atoms with Crippen LogP contribution >= 0.6 is 0 Å². The summed E-state index contributed by atoms with van der Waals surface area (Å²) in [6.07, 6.45) is -0.175. The van der Waals surface area contributed by atoms with Crippen LogP contribution in [0.3, 0.4) is 0 Å². The molecular formula is C19H16N2O5. The third kappa shape index (κ3) is 2.88. The zero-order valence-electron chi connectivity index (χ0n) is 13.8. The van der Waals surface area contributed by atoms with E-state index in [1.54, 1.807) is 12.1 Å². The van der Waals surface area contributed by atoms with Crippen LogP contribution in [-0.2, 0) is 11.3 Å². The van der Waals surface area contributed by atoms with E-state index < -0.39 is 5.97 Å². The predicted octanol–water partition coefficient (Wildman–Crippen LogP) is 2.31. The molecule has 0 bridgehead atoms. The fourth-order valence-corrected chi connectivity index (χ4v) is 2.99. The Hall–Kier alpha value is -3.35. The Balaban J connectivity index is 1.89. The number of rotatable bonds is 4. The van der Waals surface area contributed by atoms with Gasteiger partial charge >= 0.3 is 5.97 Å². The molecule has 26 heavy (non-hydrogen) atoms. The fourth-order valence-electron chi connectivity index (χ4n) is 2.99. The number of hydrogen-bond donors (Lipinski definition) is 1. The Morgan fingerprint density at radius 3 is 2.58 bits per heavy atom. The van der Waals surface area contributed by atoms with Gasteiger partial charge in [-0.25, -0.2) is 4.68 Å². The SMILES string of the molecule is O=C(O)CCn1nc(-c2ccc3c(c2)OCCO3)c2ccccc2c1=O. The van der Waals surface area contributed by atoms with E-state index in [1.807, 2.05) is 30.3 Å². The largest absolute Gasteiger partial charge is 0.486 e. The molecule has 0 unspecified atom stereocenters. The van der Waals surface area contributed by atoms with Crippen LogP contribution in [0.2, 0.25) is 0 Å². The monoisotopic (exact) mass is 352 g/mol. The molecule has 0 aliphatic carbocycles. The quantitative estimate of drug-likeness (QED) is 0.775. The molecule has 1 aromatic heterocycles. The molecular weight excluding hydrogens is 336 g/mol. The lowest BCUT2D eigenvalue weighted by molar-refractivity contribution is -0.137. The van der Waals surface area contributed by atoms with Crippen LogP contribution < -0.4 is 15.0 Å². The minimum Gasteiger partial charge on any atom is -0.486 e. The van der Waals surface area contributed by atoms with Crippen molar-refractivity contribution < 1.29 is 19.4 Å². The smallest absolute Gasteiger partial charge is 0.305 e. The summed E-state index contributed by atoms with van der Waals surface area (Å²) in [7, 11) is 0. The van der Waals surface area contributed by atoms with Crippen molar-refractivity contribution in [3.8, 4) is 22.8 Å². The van der Waals surface area contributed by atoms with E-state index in [0.29, 0.717) is 41.2 Å². The third-order valence-electron chi connectivity index (χ3n) is 4.22. The zero-order chi connectivity index (χ0) is 18.1. The van der Waals surface area contributed by atoms with Gasteiger partial charge in [-0.15, -0.1) is 0 Å². The number of aromatic nitrogens is 2. The van der Waals surface area contributed by atoms with Gasteiger partial charge in [-0.2, -0.15) is 5.10 Å². The highest BCUT2D eigenvalue weighted by atomic mass is 16.6. The number of fused-ring (bicyclic) bond motifs is 2. The summed E-state index contributed by atoms with van der Waals surface area (Å²) in [5.41, 5.74) is 1.07. The van der Waals surface area contributed by atoms with Crippen LogP contribution in [0.4, 0.5) is 0 Å². The van der Waals surface area contributed by atoms with E-state index in [0.717, 1.165) is 5.56 Å². The highest BCUT2D eigenvalue weighted by Crippen LogP contribution is 2.35. The Morgan fingerprint density at radius 1 is 1.08 bits per heavy atom. The lowest BCUT2D eigenvalue weighted by atomic mass is 10.0. The maximum absolute atomic E-state index is 12.6. The van der Waals surface area contributed by atoms with Crippen LogP contribution in [0.1, 0.15) is 6.42 Å². The molecule has 2 heterocycles. The summed E-state index contributed by atoms with van der Waals surface area (Å²) >= 11 is 0. The average molecular weight is 352 g/mol. The van der Waals surface area contributed by atoms with Crippen LogP contribution in [0, 0.1) is 0 Å². The number of aryl methyl sites for hydroxylation is 1. The second-order valence-electron chi connectivity index (χ2n) is 5.92. The summed E-state index contributed by atoms with van der Waals surface area (Å²) in [6, 6.07) is 12.7. The third-order valence-corrected chi connectivity index (χ3v) is 4.22. The number of carbonyl (C=O) groups is 1. The van der Waals surface area contributed by atoms with E-state index >= 15 is 0 Å². The standard InChI is InChI=1S/C19H16N2O5/c22-17(23)7-8-21-19(24)14-4-2-1-3-13(14)18(20-21)12-5-6-15-16(11-12)26-10-9-25-15/h1-6,11H,7-10H2,(H,22,23). The van der Waals surface area contributed by atoms with E-state index in [9.17, 15) is 9.59 Å². The number of carboxylic acids is 1. The van der Waals surface area contributed by atoms with Gasteiger partial charge in [0, 0.05) is 10.9 Å². The van der Waals surface area contributed by atoms with Gasteiger partial charge in [0.15, 0.2) is 11.5 Å². The average Bonchev–Trinajstić information content (AvgIpc) is 2.67. The first-order valence-corrected chi connectivity index (χ1v) is 8.25. The molecule has 7 heteroatoms. The lowest BCUT2D eigenvalue weighted by Gasteiger charge is -2.19. The normalized spacial score (nSPS) is 12.9. The van der Waals surface area contributed by atoms with Gasteiger partial charge in [-0.05, 0) is 24.3 Å². The van der Waals surface area contributed by atoms with Crippen molar-refractivity contribution in [1.29, 1.82) is 0 Å². The molecule has 7 nitrogen and oxygen atoms in total. The second kappa shape index (κ2) is 6.51. The summed E-state index contributed by atoms with van der Waals surface area (Å²) in [5.74, 6) is 0.319. The first-order chi connectivity index (χ1) is 12.6. The molecule has 3 aromatic rings. The Kier molecular flexibility index (Phi) is 4.04. The van der Waals surface area contributed by atoms with Gasteiger partial charge in [0.2, 0.25) is 0 Å². The molecule has 0 spiro atoms. The highest BCUT2D eigenvalue weighted by molar-refractivity contribution is 5.94. The van der Waals surface area contributed by atoms with Crippen molar-refractivity contribution in [3.05, 3.63) is 52.8 Å². The molecule has 0 saturated carbocycles. The van der Waals surface area contributed by atoms with Gasteiger partial charge in [-0.1, -0.05) is 18.2 Å². The van der Waals surface area contributed by atoms with Crippen molar-refractivity contribution in [3.63, 3.8) is 0 Å². The maximum atomic E-state index is 12.6. The molecule has 0 fully saturated rings. The number of aliphatic carboxylic acids is 1. The first kappa shape index (κ1) is 16.1. The first-order valence-electron chi connectivity index (χ1n) is 8.25. The summed E-state index contributed by atoms with van der Waals surface area (Å²) < 4.78 is 12.4. The number of benzene rings is 2. The summed E-state index contributed by atoms with van der Waals surface area (Å²) in [6.45, 7) is 0.993. The maximum Gasteiger partial charge on any atom is 0.305 e. The van der Waals surface area contributed by atoms with Crippen molar-refractivity contribution in [2.75, 3.05) is 13.2 Å². The van der Waals surface area contributed by atoms with Crippen molar-refractivity contribution in [1.82, 2.24) is 9.78 Å². The van der Waals surface area contributed by atoms with Gasteiger partial charge in [0.05, 0.1) is 24.0 Å². The lowest BCUT2D eigenvalue weighted by Crippen LogP contribution is -2.25. The Labute approximate surface area is 148 Å². The highest BCUT2D eigenvalue weighted by Gasteiger charge is 2.17. The van der Waals surface area contributed by atoms with Gasteiger partial charge in [-0.3, -0.25) is 9.59 Å². The van der Waals surface area contributed by atoms with Crippen LogP contribution in [-0.4, -0.2) is 34.1 Å². The predicted molar refractivity (Wildman–Crippen MR) is 94.7 cm³/mol.